The normalized spacial score (nSPS) is 20.2. The summed E-state index contributed by atoms with van der Waals surface area (Å²) in [5.41, 5.74) is -11.4. The van der Waals surface area contributed by atoms with Gasteiger partial charge in [-0.1, -0.05) is 0 Å². The number of hydrogen-bond acceptors (Lipinski definition) is 11. The smallest absolute Gasteiger partial charge is 0.240 e. The molecule has 0 fully saturated rings. The van der Waals surface area contributed by atoms with Crippen molar-refractivity contribution >= 4 is 47.3 Å². The Morgan fingerprint density at radius 3 is 1.41 bits per heavy atom. The third-order valence-electron chi connectivity index (χ3n) is 4.42. The van der Waals surface area contributed by atoms with Crippen LogP contribution in [0.3, 0.4) is 0 Å². The first-order valence-corrected chi connectivity index (χ1v) is 8.09. The zero-order chi connectivity index (χ0) is 22.1. The number of ketones is 6. The number of aliphatic hydroxyl groups excluding tert-OH is 1. The van der Waals surface area contributed by atoms with E-state index in [0.29, 0.717) is 27.7 Å². The molecule has 0 amide bonds. The van der Waals surface area contributed by atoms with E-state index in [2.05, 4.69) is 12.6 Å². The van der Waals surface area contributed by atoms with Crippen molar-refractivity contribution in [1.82, 2.24) is 0 Å². The van der Waals surface area contributed by atoms with E-state index in [1.165, 1.54) is 0 Å². The summed E-state index contributed by atoms with van der Waals surface area (Å²) < 4.78 is 0. The van der Waals surface area contributed by atoms with Gasteiger partial charge in [0.15, 0.2) is 34.5 Å². The summed E-state index contributed by atoms with van der Waals surface area (Å²) in [5, 5.41) is 40.2. The van der Waals surface area contributed by atoms with Crippen molar-refractivity contribution in [3.8, 4) is 0 Å². The molecule has 0 aromatic carbocycles. The lowest BCUT2D eigenvalue weighted by Gasteiger charge is -2.49. The van der Waals surface area contributed by atoms with E-state index in [1.54, 1.807) is 0 Å². The fourth-order valence-electron chi connectivity index (χ4n) is 2.76. The Bertz CT molecular complexity index is 716. The highest BCUT2D eigenvalue weighted by Crippen LogP contribution is 2.41. The van der Waals surface area contributed by atoms with Gasteiger partial charge in [-0.15, -0.1) is 0 Å². The number of rotatable bonds is 10. The standard InChI is InChI=1S/C16H22O10S/c1-6(17)11(22)13(27)15(25,9(4)20)16(26,10(5)21)14(24,8(3)19)12(23)7(2)18/h11,13,22,24-27H,1-5H3/t11?,13-,14+,15-,16-/m1/s1. The lowest BCUT2D eigenvalue weighted by Crippen LogP contribution is -2.82. The van der Waals surface area contributed by atoms with Gasteiger partial charge >= 0.3 is 0 Å². The summed E-state index contributed by atoms with van der Waals surface area (Å²) in [6.07, 6.45) is -2.25. The fraction of sp³-hybridized carbons (Fsp3) is 0.625. The van der Waals surface area contributed by atoms with Gasteiger partial charge in [-0.2, -0.15) is 12.6 Å². The van der Waals surface area contributed by atoms with Gasteiger partial charge in [0.25, 0.3) is 0 Å². The fourth-order valence-corrected chi connectivity index (χ4v) is 3.34. The lowest BCUT2D eigenvalue weighted by atomic mass is 9.61. The van der Waals surface area contributed by atoms with E-state index >= 15 is 0 Å². The molecule has 0 radical (unpaired) electrons. The number of Topliss-reactive ketones (excluding diaryl/α,β-unsaturated/α-hetero) is 6. The summed E-state index contributed by atoms with van der Waals surface area (Å²) in [5.74, 6) is -9.33. The van der Waals surface area contributed by atoms with Gasteiger partial charge in [0.05, 0.1) is 5.25 Å². The summed E-state index contributed by atoms with van der Waals surface area (Å²) >= 11 is 3.72. The van der Waals surface area contributed by atoms with Crippen LogP contribution in [0, 0.1) is 0 Å². The van der Waals surface area contributed by atoms with E-state index in [0.717, 1.165) is 6.92 Å². The quantitative estimate of drug-likeness (QED) is 0.146. The van der Waals surface area contributed by atoms with Crippen molar-refractivity contribution in [2.24, 2.45) is 0 Å². The molecule has 4 N–H and O–H groups in total. The maximum absolute atomic E-state index is 12.3. The molecular weight excluding hydrogens is 384 g/mol. The van der Waals surface area contributed by atoms with Crippen LogP contribution in [0.5, 0.6) is 0 Å². The number of thiol groups is 1. The van der Waals surface area contributed by atoms with E-state index in [-0.39, 0.29) is 0 Å². The van der Waals surface area contributed by atoms with Crippen molar-refractivity contribution < 1.29 is 49.2 Å². The van der Waals surface area contributed by atoms with Crippen LogP contribution in [0.25, 0.3) is 0 Å². The van der Waals surface area contributed by atoms with Crippen LogP contribution in [0.4, 0.5) is 0 Å². The highest BCUT2D eigenvalue weighted by Gasteiger charge is 2.75. The molecule has 0 spiro atoms. The third kappa shape index (κ3) is 3.52. The first-order valence-electron chi connectivity index (χ1n) is 7.57. The molecule has 1 unspecified atom stereocenters. The molecule has 152 valence electrons. The number of hydrogen-bond donors (Lipinski definition) is 5. The van der Waals surface area contributed by atoms with Crippen LogP contribution < -0.4 is 0 Å². The predicted molar refractivity (Wildman–Crippen MR) is 92.0 cm³/mol. The van der Waals surface area contributed by atoms with Gasteiger partial charge < -0.3 is 20.4 Å². The third-order valence-corrected chi connectivity index (χ3v) is 5.08. The Morgan fingerprint density at radius 2 is 1.19 bits per heavy atom. The number of aliphatic hydroxyl groups is 4. The van der Waals surface area contributed by atoms with Gasteiger partial charge in [-0.05, 0) is 27.7 Å². The average Bonchev–Trinajstić information content (AvgIpc) is 2.56. The molecule has 10 nitrogen and oxygen atoms in total. The second-order valence-corrected chi connectivity index (χ2v) is 6.80. The van der Waals surface area contributed by atoms with Crippen LogP contribution in [-0.2, 0) is 28.8 Å². The molecule has 0 bridgehead atoms. The second-order valence-electron chi connectivity index (χ2n) is 6.24. The highest BCUT2D eigenvalue weighted by atomic mass is 32.1. The van der Waals surface area contributed by atoms with Gasteiger partial charge in [-0.25, -0.2) is 0 Å². The number of carbonyl (C=O) groups excluding carboxylic acids is 6. The Balaban J connectivity index is 7.28. The van der Waals surface area contributed by atoms with E-state index in [1.807, 2.05) is 0 Å². The molecule has 0 aliphatic rings. The average molecular weight is 406 g/mol. The molecule has 0 saturated heterocycles. The molecule has 0 saturated carbocycles. The molecular formula is C16H22O10S. The second kappa shape index (κ2) is 8.07. The highest BCUT2D eigenvalue weighted by molar-refractivity contribution is 7.81. The lowest BCUT2D eigenvalue weighted by molar-refractivity contribution is -0.228. The van der Waals surface area contributed by atoms with Crippen molar-refractivity contribution in [2.45, 2.75) is 62.8 Å². The summed E-state index contributed by atoms with van der Waals surface area (Å²) in [7, 11) is 0. The van der Waals surface area contributed by atoms with E-state index < -0.39 is 62.9 Å². The maximum atomic E-state index is 12.3. The Morgan fingerprint density at radius 1 is 0.778 bits per heavy atom. The molecule has 0 aromatic heterocycles. The molecule has 0 heterocycles. The summed E-state index contributed by atoms with van der Waals surface area (Å²) in [6, 6.07) is 0. The molecule has 27 heavy (non-hydrogen) atoms. The number of carbonyl (C=O) groups is 6. The molecule has 5 atom stereocenters. The first-order chi connectivity index (χ1) is 11.9. The van der Waals surface area contributed by atoms with Crippen molar-refractivity contribution in [3.63, 3.8) is 0 Å². The minimum Gasteiger partial charge on any atom is -0.384 e. The van der Waals surface area contributed by atoms with Crippen LogP contribution in [0.15, 0.2) is 0 Å². The van der Waals surface area contributed by atoms with Gasteiger partial charge in [0, 0.05) is 6.92 Å². The molecule has 11 heteroatoms. The first kappa shape index (κ1) is 25.2. The zero-order valence-electron chi connectivity index (χ0n) is 15.3. The van der Waals surface area contributed by atoms with Crippen molar-refractivity contribution in [2.75, 3.05) is 0 Å². The predicted octanol–water partition coefficient (Wildman–Crippen LogP) is -2.65. The summed E-state index contributed by atoms with van der Waals surface area (Å²) in [6.45, 7) is 3.11. The van der Waals surface area contributed by atoms with Crippen LogP contribution >= 0.6 is 12.6 Å². The minimum atomic E-state index is -3.94. The largest absolute Gasteiger partial charge is 0.384 e. The zero-order valence-corrected chi connectivity index (χ0v) is 16.2. The monoisotopic (exact) mass is 406 g/mol. The Labute approximate surface area is 160 Å². The van der Waals surface area contributed by atoms with Gasteiger partial charge in [0.2, 0.25) is 17.0 Å². The van der Waals surface area contributed by atoms with Crippen molar-refractivity contribution in [3.05, 3.63) is 0 Å². The maximum Gasteiger partial charge on any atom is 0.240 e. The SMILES string of the molecule is CC(=O)C(=O)[C@@](O)(C(C)=O)[C@](O)(C(C)=O)[C@@](O)(C(C)=O)[C@H](S)C(O)C(C)=O. The van der Waals surface area contributed by atoms with Crippen LogP contribution in [0.1, 0.15) is 34.6 Å². The molecule has 0 aromatic rings. The van der Waals surface area contributed by atoms with E-state index in [9.17, 15) is 49.2 Å². The summed E-state index contributed by atoms with van der Waals surface area (Å²) in [4.78, 5) is 71.7. The Hall–Kier alpha value is -1.79. The molecule has 0 rings (SSSR count). The van der Waals surface area contributed by atoms with Crippen LogP contribution in [0.2, 0.25) is 0 Å². The topological polar surface area (TPSA) is 183 Å². The Kier molecular flexibility index (Phi) is 7.53. The van der Waals surface area contributed by atoms with Gasteiger partial charge in [0.1, 0.15) is 6.10 Å². The minimum absolute atomic E-state index is 0.524. The van der Waals surface area contributed by atoms with Gasteiger partial charge in [-0.3, -0.25) is 28.8 Å². The van der Waals surface area contributed by atoms with Crippen LogP contribution in [-0.4, -0.2) is 83.3 Å². The van der Waals surface area contributed by atoms with E-state index in [4.69, 9.17) is 0 Å². The molecule has 0 aliphatic heterocycles. The molecule has 0 aliphatic carbocycles. The van der Waals surface area contributed by atoms with Crippen molar-refractivity contribution in [1.29, 1.82) is 0 Å².